The zero-order valence-corrected chi connectivity index (χ0v) is 19.4. The summed E-state index contributed by atoms with van der Waals surface area (Å²) in [6.07, 6.45) is 2.95. The van der Waals surface area contributed by atoms with Gasteiger partial charge in [-0.1, -0.05) is 0 Å². The van der Waals surface area contributed by atoms with Crippen molar-refractivity contribution in [3.8, 4) is 23.1 Å². The summed E-state index contributed by atoms with van der Waals surface area (Å²) in [7, 11) is 3.21. The number of halogens is 1. The van der Waals surface area contributed by atoms with Crippen molar-refractivity contribution in [2.75, 3.05) is 14.2 Å². The molecular formula is C23H21BrN4O4. The van der Waals surface area contributed by atoms with Crippen LogP contribution in [0.25, 0.3) is 11.2 Å². The number of hydrogen-bond donors (Lipinski definition) is 0. The largest absolute Gasteiger partial charge is 0.493 e. The lowest BCUT2D eigenvalue weighted by atomic mass is 10.0. The third-order valence-corrected chi connectivity index (χ3v) is 5.98. The first-order valence-corrected chi connectivity index (χ1v) is 10.9. The molecule has 0 radical (unpaired) electrons. The van der Waals surface area contributed by atoms with Gasteiger partial charge in [-0.05, 0) is 58.7 Å². The molecule has 4 heterocycles. The van der Waals surface area contributed by atoms with Gasteiger partial charge in [0, 0.05) is 24.0 Å². The van der Waals surface area contributed by atoms with E-state index in [-0.39, 0.29) is 12.2 Å². The molecule has 0 unspecified atom stereocenters. The molecule has 2 atom stereocenters. The molecule has 0 fully saturated rings. The van der Waals surface area contributed by atoms with Crippen molar-refractivity contribution in [3.05, 3.63) is 64.7 Å². The number of ether oxygens (including phenoxy) is 4. The molecule has 9 heteroatoms. The van der Waals surface area contributed by atoms with Crippen LogP contribution in [-0.4, -0.2) is 39.8 Å². The number of methoxy groups -OCH3 is 2. The van der Waals surface area contributed by atoms with Crippen molar-refractivity contribution in [1.82, 2.24) is 19.5 Å². The summed E-state index contributed by atoms with van der Waals surface area (Å²) < 4.78 is 26.1. The predicted molar refractivity (Wildman–Crippen MR) is 122 cm³/mol. The second kappa shape index (κ2) is 8.31. The number of aromatic nitrogens is 4. The molecule has 0 saturated heterocycles. The van der Waals surface area contributed by atoms with Gasteiger partial charge in [0.2, 0.25) is 11.6 Å². The lowest BCUT2D eigenvalue weighted by molar-refractivity contribution is 0.0277. The van der Waals surface area contributed by atoms with Gasteiger partial charge in [-0.25, -0.2) is 15.0 Å². The molecule has 0 saturated carbocycles. The molecule has 1 aliphatic rings. The van der Waals surface area contributed by atoms with E-state index < -0.39 is 0 Å². The summed E-state index contributed by atoms with van der Waals surface area (Å²) in [6, 6.07) is 11.5. The van der Waals surface area contributed by atoms with E-state index in [2.05, 4.69) is 30.9 Å². The quantitative estimate of drug-likeness (QED) is 0.400. The molecular weight excluding hydrogens is 476 g/mol. The summed E-state index contributed by atoms with van der Waals surface area (Å²) in [5.41, 5.74) is 3.50. The van der Waals surface area contributed by atoms with Gasteiger partial charge in [-0.3, -0.25) is 4.57 Å². The Kier molecular flexibility index (Phi) is 5.34. The van der Waals surface area contributed by atoms with E-state index in [1.165, 1.54) is 0 Å². The number of benzene rings is 1. The van der Waals surface area contributed by atoms with Gasteiger partial charge in [0.1, 0.15) is 11.6 Å². The van der Waals surface area contributed by atoms with E-state index >= 15 is 0 Å². The molecule has 1 aliphatic heterocycles. The number of hydrogen-bond acceptors (Lipinski definition) is 7. The lowest BCUT2D eigenvalue weighted by Gasteiger charge is -2.33. The van der Waals surface area contributed by atoms with Crippen LogP contribution in [0.1, 0.15) is 24.2 Å². The molecule has 0 bridgehead atoms. The first kappa shape index (κ1) is 20.6. The second-order valence-electron chi connectivity index (χ2n) is 7.43. The fourth-order valence-electron chi connectivity index (χ4n) is 3.84. The van der Waals surface area contributed by atoms with Crippen LogP contribution < -0.4 is 18.9 Å². The van der Waals surface area contributed by atoms with Crippen LogP contribution in [0.5, 0.6) is 23.1 Å². The molecule has 1 aromatic carbocycles. The van der Waals surface area contributed by atoms with Gasteiger partial charge < -0.3 is 18.9 Å². The minimum Gasteiger partial charge on any atom is -0.493 e. The van der Waals surface area contributed by atoms with Gasteiger partial charge in [-0.15, -0.1) is 0 Å². The maximum Gasteiger partial charge on any atom is 0.212 e. The van der Waals surface area contributed by atoms with Gasteiger partial charge in [0.25, 0.3) is 0 Å². The van der Waals surface area contributed by atoms with Crippen LogP contribution in [0.2, 0.25) is 0 Å². The Bertz CT molecular complexity index is 1280. The van der Waals surface area contributed by atoms with E-state index in [0.717, 1.165) is 22.3 Å². The average molecular weight is 497 g/mol. The highest BCUT2D eigenvalue weighted by atomic mass is 79.9. The summed E-state index contributed by atoms with van der Waals surface area (Å²) in [4.78, 5) is 13.3. The maximum atomic E-state index is 6.34. The minimum absolute atomic E-state index is 0.222. The van der Waals surface area contributed by atoms with Crippen LogP contribution >= 0.6 is 15.9 Å². The lowest BCUT2D eigenvalue weighted by Crippen LogP contribution is -2.31. The topological polar surface area (TPSA) is 80.5 Å². The highest BCUT2D eigenvalue weighted by Gasteiger charge is 2.32. The molecule has 0 N–H and O–H groups in total. The highest BCUT2D eigenvalue weighted by Crippen LogP contribution is 2.46. The summed E-state index contributed by atoms with van der Waals surface area (Å²) in [5.74, 6) is 2.36. The first-order chi connectivity index (χ1) is 15.6. The van der Waals surface area contributed by atoms with Crippen LogP contribution in [-0.2, 0) is 6.54 Å². The molecule has 0 aliphatic carbocycles. The fraction of sp³-hybridized carbons (Fsp3) is 0.261. The van der Waals surface area contributed by atoms with Crippen molar-refractivity contribution < 1.29 is 18.9 Å². The standard InChI is InChI=1S/C23H21BrN4O4/c1-13-20(15-6-7-19(30-3)26-11-15)32-21-17(29-2)9-14(10-18(21)31-13)12-28-22-16(27-23(28)24)5-4-8-25-22/h4-11,13,20H,12H2,1-3H3/t13-,20+/m1/s1. The average Bonchev–Trinajstić information content (AvgIpc) is 3.13. The smallest absolute Gasteiger partial charge is 0.212 e. The van der Waals surface area contributed by atoms with Crippen LogP contribution in [0.3, 0.4) is 0 Å². The van der Waals surface area contributed by atoms with Crippen molar-refractivity contribution in [1.29, 1.82) is 0 Å². The zero-order valence-electron chi connectivity index (χ0n) is 17.8. The molecule has 0 amide bonds. The van der Waals surface area contributed by atoms with E-state index in [0.29, 0.717) is 34.4 Å². The van der Waals surface area contributed by atoms with Crippen molar-refractivity contribution >= 4 is 27.1 Å². The third-order valence-electron chi connectivity index (χ3n) is 5.38. The number of rotatable bonds is 5. The minimum atomic E-state index is -0.323. The number of imidazole rings is 1. The zero-order chi connectivity index (χ0) is 22.2. The molecule has 8 nitrogen and oxygen atoms in total. The Balaban J connectivity index is 1.48. The van der Waals surface area contributed by atoms with E-state index in [1.54, 1.807) is 26.6 Å². The third kappa shape index (κ3) is 3.62. The van der Waals surface area contributed by atoms with Crippen molar-refractivity contribution in [2.24, 2.45) is 0 Å². The fourth-order valence-corrected chi connectivity index (χ4v) is 4.32. The molecule has 3 aromatic heterocycles. The molecule has 164 valence electrons. The number of fused-ring (bicyclic) bond motifs is 2. The van der Waals surface area contributed by atoms with Crippen LogP contribution in [0.15, 0.2) is 53.5 Å². The summed E-state index contributed by atoms with van der Waals surface area (Å²) >= 11 is 3.54. The Labute approximate surface area is 193 Å². The van der Waals surface area contributed by atoms with Crippen molar-refractivity contribution in [2.45, 2.75) is 25.7 Å². The second-order valence-corrected chi connectivity index (χ2v) is 8.14. The van der Waals surface area contributed by atoms with Crippen LogP contribution in [0, 0.1) is 0 Å². The SMILES string of the molecule is COc1ccc([C@H]2Oc3c(OC)cc(Cn4c(Br)nc5cccnc54)cc3O[C@@H]2C)cn1. The highest BCUT2D eigenvalue weighted by molar-refractivity contribution is 9.10. The number of nitrogens with zero attached hydrogens (tertiary/aromatic N) is 4. The van der Waals surface area contributed by atoms with Crippen LogP contribution in [0.4, 0.5) is 0 Å². The van der Waals surface area contributed by atoms with Gasteiger partial charge in [-0.2, -0.15) is 0 Å². The molecule has 5 rings (SSSR count). The Morgan fingerprint density at radius 3 is 2.72 bits per heavy atom. The van der Waals surface area contributed by atoms with E-state index in [9.17, 15) is 0 Å². The van der Waals surface area contributed by atoms with E-state index in [1.807, 2.05) is 47.9 Å². The first-order valence-electron chi connectivity index (χ1n) is 10.1. The summed E-state index contributed by atoms with van der Waals surface area (Å²) in [6.45, 7) is 2.52. The van der Waals surface area contributed by atoms with Gasteiger partial charge >= 0.3 is 0 Å². The maximum absolute atomic E-state index is 6.34. The van der Waals surface area contributed by atoms with Gasteiger partial charge in [0.05, 0.1) is 20.8 Å². The van der Waals surface area contributed by atoms with Crippen molar-refractivity contribution in [3.63, 3.8) is 0 Å². The Morgan fingerprint density at radius 1 is 1.09 bits per heavy atom. The monoisotopic (exact) mass is 496 g/mol. The van der Waals surface area contributed by atoms with E-state index in [4.69, 9.17) is 18.9 Å². The summed E-state index contributed by atoms with van der Waals surface area (Å²) in [5, 5.41) is 0. The Hall–Kier alpha value is -3.33. The molecule has 0 spiro atoms. The normalized spacial score (nSPS) is 17.4. The van der Waals surface area contributed by atoms with Gasteiger partial charge in [0.15, 0.2) is 28.0 Å². The predicted octanol–water partition coefficient (Wildman–Crippen LogP) is 4.56. The number of pyridine rings is 2. The molecule has 4 aromatic rings. The Morgan fingerprint density at radius 2 is 1.97 bits per heavy atom. The molecule has 32 heavy (non-hydrogen) atoms.